The van der Waals surface area contributed by atoms with Gasteiger partial charge in [-0.25, -0.2) is 0 Å². The molecule has 0 radical (unpaired) electrons. The molecule has 1 saturated heterocycles. The van der Waals surface area contributed by atoms with E-state index in [1.165, 1.54) is 5.56 Å². The van der Waals surface area contributed by atoms with E-state index in [2.05, 4.69) is 47.4 Å². The van der Waals surface area contributed by atoms with Crippen LogP contribution >= 0.6 is 11.6 Å². The van der Waals surface area contributed by atoms with Gasteiger partial charge in [-0.1, -0.05) is 29.8 Å². The van der Waals surface area contributed by atoms with Gasteiger partial charge in [-0.2, -0.15) is 5.10 Å². The average Bonchev–Trinajstić information content (AvgIpc) is 3.16. The summed E-state index contributed by atoms with van der Waals surface area (Å²) in [7, 11) is 0. The first kappa shape index (κ1) is 19.1. The summed E-state index contributed by atoms with van der Waals surface area (Å²) in [6, 6.07) is 14.1. The van der Waals surface area contributed by atoms with Gasteiger partial charge in [0.2, 0.25) is 0 Å². The Balaban J connectivity index is 1.43. The van der Waals surface area contributed by atoms with E-state index in [4.69, 9.17) is 21.3 Å². The van der Waals surface area contributed by atoms with Crippen LogP contribution in [0.3, 0.4) is 0 Å². The average molecular weight is 397 g/mol. The number of hydrogen-bond donors (Lipinski definition) is 0. The highest BCUT2D eigenvalue weighted by Crippen LogP contribution is 2.23. The van der Waals surface area contributed by atoms with E-state index in [9.17, 15) is 0 Å². The van der Waals surface area contributed by atoms with E-state index in [0.29, 0.717) is 6.61 Å². The molecule has 1 fully saturated rings. The van der Waals surface area contributed by atoms with Gasteiger partial charge >= 0.3 is 0 Å². The van der Waals surface area contributed by atoms with E-state index < -0.39 is 0 Å². The van der Waals surface area contributed by atoms with Gasteiger partial charge in [0.25, 0.3) is 0 Å². The first-order valence-electron chi connectivity index (χ1n) is 9.75. The predicted octanol–water partition coefficient (Wildman–Crippen LogP) is 4.12. The van der Waals surface area contributed by atoms with E-state index in [1.807, 2.05) is 29.1 Å². The Kier molecular flexibility index (Phi) is 6.05. The lowest BCUT2D eigenvalue weighted by atomic mass is 10.1. The number of pyridine rings is 1. The highest BCUT2D eigenvalue weighted by Gasteiger charge is 2.23. The normalized spacial score (nSPS) is 17.7. The van der Waals surface area contributed by atoms with Crippen LogP contribution in [-0.4, -0.2) is 39.4 Å². The summed E-state index contributed by atoms with van der Waals surface area (Å²) in [5, 5.41) is 5.13. The highest BCUT2D eigenvalue weighted by molar-refractivity contribution is 6.30. The van der Waals surface area contributed by atoms with Crippen molar-refractivity contribution >= 4 is 11.6 Å². The van der Waals surface area contributed by atoms with Crippen molar-refractivity contribution in [2.24, 2.45) is 0 Å². The van der Waals surface area contributed by atoms with Crippen molar-refractivity contribution in [2.45, 2.75) is 32.5 Å². The van der Waals surface area contributed by atoms with Crippen molar-refractivity contribution < 1.29 is 4.74 Å². The van der Waals surface area contributed by atoms with Crippen molar-refractivity contribution in [3.63, 3.8) is 0 Å². The Morgan fingerprint density at radius 3 is 2.89 bits per heavy atom. The molecular weight excluding hydrogens is 372 g/mol. The Labute approximate surface area is 170 Å². The number of rotatable bonds is 6. The molecule has 5 nitrogen and oxygen atoms in total. The van der Waals surface area contributed by atoms with Gasteiger partial charge in [-0.15, -0.1) is 0 Å². The Hall–Kier alpha value is -2.21. The van der Waals surface area contributed by atoms with Crippen molar-refractivity contribution in [1.82, 2.24) is 19.7 Å². The Bertz CT molecular complexity index is 926. The molecule has 1 aliphatic rings. The fourth-order valence-electron chi connectivity index (χ4n) is 3.58. The van der Waals surface area contributed by atoms with Crippen molar-refractivity contribution in [2.75, 3.05) is 19.7 Å². The van der Waals surface area contributed by atoms with E-state index in [-0.39, 0.29) is 6.10 Å². The molecule has 0 aliphatic carbocycles. The van der Waals surface area contributed by atoms with Crippen LogP contribution in [0.1, 0.15) is 35.5 Å². The van der Waals surface area contributed by atoms with Crippen LogP contribution in [0.15, 0.2) is 54.9 Å². The fraction of sp³-hybridized carbons (Fsp3) is 0.364. The van der Waals surface area contributed by atoms with Crippen LogP contribution in [0.2, 0.25) is 5.02 Å². The van der Waals surface area contributed by atoms with Crippen molar-refractivity contribution in [3.8, 4) is 0 Å². The zero-order valence-electron chi connectivity index (χ0n) is 16.1. The summed E-state index contributed by atoms with van der Waals surface area (Å²) in [6.45, 7) is 6.37. The van der Waals surface area contributed by atoms with E-state index in [1.54, 1.807) is 0 Å². The summed E-state index contributed by atoms with van der Waals surface area (Å²) >= 11 is 6.11. The molecule has 0 N–H and O–H groups in total. The maximum atomic E-state index is 6.11. The molecular formula is C22H25ClN4O. The van der Waals surface area contributed by atoms with Crippen LogP contribution < -0.4 is 0 Å². The minimum absolute atomic E-state index is 0.00530. The van der Waals surface area contributed by atoms with Gasteiger partial charge in [-0.3, -0.25) is 14.6 Å². The second-order valence-corrected chi connectivity index (χ2v) is 7.60. The molecule has 6 heteroatoms. The third-order valence-electron chi connectivity index (χ3n) is 5.00. The van der Waals surface area contributed by atoms with E-state index in [0.717, 1.165) is 54.6 Å². The molecule has 2 aromatic heterocycles. The summed E-state index contributed by atoms with van der Waals surface area (Å²) in [6.07, 6.45) is 4.84. The van der Waals surface area contributed by atoms with Gasteiger partial charge in [0, 0.05) is 55.1 Å². The van der Waals surface area contributed by atoms with Gasteiger partial charge in [0.1, 0.15) is 6.10 Å². The third kappa shape index (κ3) is 4.79. The Morgan fingerprint density at radius 2 is 2.07 bits per heavy atom. The number of nitrogens with zero attached hydrogens (tertiary/aromatic N) is 4. The van der Waals surface area contributed by atoms with Crippen LogP contribution in [0, 0.1) is 0 Å². The number of morpholine rings is 1. The minimum atomic E-state index is -0.00530. The number of benzene rings is 1. The van der Waals surface area contributed by atoms with Crippen molar-refractivity contribution in [1.29, 1.82) is 0 Å². The maximum absolute atomic E-state index is 6.11. The van der Waals surface area contributed by atoms with Gasteiger partial charge in [0.05, 0.1) is 18.5 Å². The smallest absolute Gasteiger partial charge is 0.112 e. The van der Waals surface area contributed by atoms with Crippen LogP contribution in [0.4, 0.5) is 0 Å². The predicted molar refractivity (Wildman–Crippen MR) is 110 cm³/mol. The molecule has 4 rings (SSSR count). The summed E-state index contributed by atoms with van der Waals surface area (Å²) in [4.78, 5) is 7.28. The molecule has 28 heavy (non-hydrogen) atoms. The van der Waals surface area contributed by atoms with Gasteiger partial charge in [-0.05, 0) is 36.8 Å². The molecule has 0 bridgehead atoms. The monoisotopic (exact) mass is 396 g/mol. The van der Waals surface area contributed by atoms with Gasteiger partial charge in [0.15, 0.2) is 0 Å². The molecule has 0 spiro atoms. The van der Waals surface area contributed by atoms with E-state index >= 15 is 0 Å². The molecule has 1 aliphatic heterocycles. The summed E-state index contributed by atoms with van der Waals surface area (Å²) < 4.78 is 8.00. The number of aromatic nitrogens is 3. The van der Waals surface area contributed by atoms with Gasteiger partial charge < -0.3 is 4.74 Å². The number of ether oxygens (including phenoxy) is 1. The quantitative estimate of drug-likeness (QED) is 0.628. The van der Waals surface area contributed by atoms with Crippen LogP contribution in [0.25, 0.3) is 0 Å². The van der Waals surface area contributed by atoms with Crippen molar-refractivity contribution in [3.05, 3.63) is 82.4 Å². The second-order valence-electron chi connectivity index (χ2n) is 7.16. The molecule has 0 amide bonds. The zero-order valence-corrected chi connectivity index (χ0v) is 16.8. The topological polar surface area (TPSA) is 43.2 Å². The number of halogens is 1. The molecule has 3 heterocycles. The first-order valence-corrected chi connectivity index (χ1v) is 10.1. The lowest BCUT2D eigenvalue weighted by molar-refractivity contribution is -0.0350. The lowest BCUT2D eigenvalue weighted by Gasteiger charge is -2.32. The number of aryl methyl sites for hydroxylation is 1. The third-order valence-corrected chi connectivity index (χ3v) is 5.24. The standard InChI is InChI=1S/C22H25ClN4O/c1-2-27-15-18(13-24-27)14-26-9-10-28-22(16-26)21-8-4-7-20(25-21)12-17-5-3-6-19(23)11-17/h3-8,11,13,15,22H,2,9-10,12,14,16H2,1H3/t22-/m1/s1. The van der Waals surface area contributed by atoms with Crippen LogP contribution in [0.5, 0.6) is 0 Å². The summed E-state index contributed by atoms with van der Waals surface area (Å²) in [5.74, 6) is 0. The summed E-state index contributed by atoms with van der Waals surface area (Å²) in [5.41, 5.74) is 4.43. The molecule has 146 valence electrons. The molecule has 0 saturated carbocycles. The minimum Gasteiger partial charge on any atom is -0.369 e. The SMILES string of the molecule is CCn1cc(CN2CCO[C@@H](c3cccc(Cc4cccc(Cl)c4)n3)C2)cn1. The highest BCUT2D eigenvalue weighted by atomic mass is 35.5. The molecule has 3 aromatic rings. The first-order chi connectivity index (χ1) is 13.7. The zero-order chi connectivity index (χ0) is 19.3. The largest absolute Gasteiger partial charge is 0.369 e. The van der Waals surface area contributed by atoms with Crippen LogP contribution in [-0.2, 0) is 24.2 Å². The fourth-order valence-corrected chi connectivity index (χ4v) is 3.79. The number of hydrogen-bond acceptors (Lipinski definition) is 4. The molecule has 1 atom stereocenters. The molecule has 0 unspecified atom stereocenters. The Morgan fingerprint density at radius 1 is 1.18 bits per heavy atom. The maximum Gasteiger partial charge on any atom is 0.112 e. The molecule has 1 aromatic carbocycles. The second kappa shape index (κ2) is 8.86. The lowest BCUT2D eigenvalue weighted by Crippen LogP contribution is -2.38.